The van der Waals surface area contributed by atoms with Gasteiger partial charge in [0, 0.05) is 18.6 Å². The molecule has 37 heavy (non-hydrogen) atoms. The molecule has 0 aromatic heterocycles. The predicted molar refractivity (Wildman–Crippen MR) is 151 cm³/mol. The Hall–Kier alpha value is -3.69. The van der Waals surface area contributed by atoms with Gasteiger partial charge in [-0.3, -0.25) is 9.69 Å². The molecule has 4 rings (SSSR count). The summed E-state index contributed by atoms with van der Waals surface area (Å²) in [6.07, 6.45) is 1.15. The van der Waals surface area contributed by atoms with Crippen molar-refractivity contribution in [3.63, 3.8) is 0 Å². The van der Waals surface area contributed by atoms with Crippen LogP contribution in [0.15, 0.2) is 109 Å². The highest BCUT2D eigenvalue weighted by Crippen LogP contribution is 2.35. The SMILES string of the molecule is CCOC(=O)C[C@@H](c1cccc(Cc2cccc(C)c2)c1)N(Cc1ccccc1)[C@H](C)c1ccccc1. The van der Waals surface area contributed by atoms with E-state index in [0.29, 0.717) is 13.0 Å². The van der Waals surface area contributed by atoms with Gasteiger partial charge in [-0.2, -0.15) is 0 Å². The van der Waals surface area contributed by atoms with E-state index in [-0.39, 0.29) is 18.1 Å². The van der Waals surface area contributed by atoms with Crippen molar-refractivity contribution < 1.29 is 9.53 Å². The standard InChI is InChI=1S/C34H37NO2/c1-4-37-34(36)24-33(32-20-12-17-30(23-32)22-29-16-11-13-26(2)21-29)35(25-28-14-7-5-8-15-28)27(3)31-18-9-6-10-19-31/h5-21,23,27,33H,4,22,24-25H2,1-3H3/t27-,33+/m1/s1. The van der Waals surface area contributed by atoms with E-state index in [1.54, 1.807) is 0 Å². The third kappa shape index (κ3) is 7.41. The normalized spacial score (nSPS) is 12.8. The average molecular weight is 492 g/mol. The molecule has 2 atom stereocenters. The Morgan fingerprint density at radius 2 is 1.35 bits per heavy atom. The number of carbonyl (C=O) groups excluding carboxylic acids is 1. The second kappa shape index (κ2) is 13.0. The lowest BCUT2D eigenvalue weighted by Crippen LogP contribution is -2.33. The van der Waals surface area contributed by atoms with Crippen LogP contribution in [0, 0.1) is 6.92 Å². The van der Waals surface area contributed by atoms with Crippen molar-refractivity contribution in [2.45, 2.75) is 52.2 Å². The first-order valence-corrected chi connectivity index (χ1v) is 13.2. The number of hydrogen-bond acceptors (Lipinski definition) is 3. The van der Waals surface area contributed by atoms with Gasteiger partial charge in [0.2, 0.25) is 0 Å². The maximum atomic E-state index is 12.9. The van der Waals surface area contributed by atoms with Crippen molar-refractivity contribution in [3.05, 3.63) is 143 Å². The van der Waals surface area contributed by atoms with Crippen LogP contribution in [-0.4, -0.2) is 17.5 Å². The molecular weight excluding hydrogens is 454 g/mol. The summed E-state index contributed by atoms with van der Waals surface area (Å²) in [6.45, 7) is 7.33. The van der Waals surface area contributed by atoms with E-state index in [1.807, 2.05) is 19.1 Å². The molecule has 0 unspecified atom stereocenters. The Bertz CT molecular complexity index is 1270. The highest BCUT2D eigenvalue weighted by atomic mass is 16.5. The quantitative estimate of drug-likeness (QED) is 0.200. The van der Waals surface area contributed by atoms with Gasteiger partial charge >= 0.3 is 5.97 Å². The third-order valence-corrected chi connectivity index (χ3v) is 6.88. The molecule has 4 aromatic carbocycles. The van der Waals surface area contributed by atoms with Gasteiger partial charge in [0.15, 0.2) is 0 Å². The summed E-state index contributed by atoms with van der Waals surface area (Å²) in [4.78, 5) is 15.3. The monoisotopic (exact) mass is 491 g/mol. The summed E-state index contributed by atoms with van der Waals surface area (Å²) in [7, 11) is 0. The number of rotatable bonds is 11. The maximum absolute atomic E-state index is 12.9. The van der Waals surface area contributed by atoms with Crippen molar-refractivity contribution >= 4 is 5.97 Å². The summed E-state index contributed by atoms with van der Waals surface area (Å²) in [5, 5.41) is 0. The lowest BCUT2D eigenvalue weighted by atomic mass is 9.94. The van der Waals surface area contributed by atoms with Crippen LogP contribution < -0.4 is 0 Å². The number of hydrogen-bond donors (Lipinski definition) is 0. The molecule has 0 heterocycles. The first-order chi connectivity index (χ1) is 18.0. The molecule has 0 radical (unpaired) electrons. The summed E-state index contributed by atoms with van der Waals surface area (Å²) < 4.78 is 5.45. The van der Waals surface area contributed by atoms with E-state index in [9.17, 15) is 4.79 Å². The summed E-state index contributed by atoms with van der Waals surface area (Å²) >= 11 is 0. The molecule has 190 valence electrons. The number of ether oxygens (including phenoxy) is 1. The Labute approximate surface area is 221 Å². The fraction of sp³-hybridized carbons (Fsp3) is 0.265. The van der Waals surface area contributed by atoms with E-state index in [2.05, 4.69) is 116 Å². The molecular formula is C34H37NO2. The number of carbonyl (C=O) groups is 1. The molecule has 4 aromatic rings. The summed E-state index contributed by atoms with van der Waals surface area (Å²) in [5.74, 6) is -0.171. The molecule has 0 saturated heterocycles. The lowest BCUT2D eigenvalue weighted by Gasteiger charge is -2.37. The summed E-state index contributed by atoms with van der Waals surface area (Å²) in [6, 6.07) is 38.4. The van der Waals surface area contributed by atoms with Gasteiger partial charge in [0.1, 0.15) is 0 Å². The Morgan fingerprint density at radius 1 is 0.757 bits per heavy atom. The van der Waals surface area contributed by atoms with Gasteiger partial charge in [-0.15, -0.1) is 0 Å². The van der Waals surface area contributed by atoms with Crippen LogP contribution in [0.5, 0.6) is 0 Å². The highest BCUT2D eigenvalue weighted by Gasteiger charge is 2.29. The largest absolute Gasteiger partial charge is 0.466 e. The first kappa shape index (κ1) is 26.4. The second-order valence-electron chi connectivity index (χ2n) is 9.68. The molecule has 0 saturated carbocycles. The zero-order chi connectivity index (χ0) is 26.0. The zero-order valence-electron chi connectivity index (χ0n) is 22.1. The average Bonchev–Trinajstić information content (AvgIpc) is 2.92. The van der Waals surface area contributed by atoms with Crippen LogP contribution in [-0.2, 0) is 22.5 Å². The fourth-order valence-corrected chi connectivity index (χ4v) is 5.01. The van der Waals surface area contributed by atoms with Crippen molar-refractivity contribution in [2.24, 2.45) is 0 Å². The van der Waals surface area contributed by atoms with Crippen LogP contribution >= 0.6 is 0 Å². The Kier molecular flexibility index (Phi) is 9.29. The van der Waals surface area contributed by atoms with Crippen molar-refractivity contribution in [3.8, 4) is 0 Å². The zero-order valence-corrected chi connectivity index (χ0v) is 22.1. The van der Waals surface area contributed by atoms with E-state index >= 15 is 0 Å². The number of nitrogens with zero attached hydrogens (tertiary/aromatic N) is 1. The predicted octanol–water partition coefficient (Wildman–Crippen LogP) is 7.84. The summed E-state index contributed by atoms with van der Waals surface area (Å²) in [5.41, 5.74) is 7.37. The van der Waals surface area contributed by atoms with Crippen molar-refractivity contribution in [1.29, 1.82) is 0 Å². The molecule has 0 spiro atoms. The Balaban J connectivity index is 1.73. The fourth-order valence-electron chi connectivity index (χ4n) is 5.01. The van der Waals surface area contributed by atoms with E-state index < -0.39 is 0 Å². The van der Waals surface area contributed by atoms with E-state index in [0.717, 1.165) is 18.5 Å². The first-order valence-electron chi connectivity index (χ1n) is 13.2. The topological polar surface area (TPSA) is 29.5 Å². The lowest BCUT2D eigenvalue weighted by molar-refractivity contribution is -0.145. The van der Waals surface area contributed by atoms with E-state index in [4.69, 9.17) is 4.74 Å². The molecule has 3 heteroatoms. The van der Waals surface area contributed by atoms with Gasteiger partial charge < -0.3 is 4.74 Å². The second-order valence-corrected chi connectivity index (χ2v) is 9.68. The van der Waals surface area contributed by atoms with Gasteiger partial charge in [-0.05, 0) is 55.0 Å². The van der Waals surface area contributed by atoms with Crippen LogP contribution in [0.2, 0.25) is 0 Å². The van der Waals surface area contributed by atoms with Crippen molar-refractivity contribution in [1.82, 2.24) is 4.90 Å². The highest BCUT2D eigenvalue weighted by molar-refractivity contribution is 5.70. The third-order valence-electron chi connectivity index (χ3n) is 6.88. The van der Waals surface area contributed by atoms with Crippen molar-refractivity contribution in [2.75, 3.05) is 6.61 Å². The Morgan fingerprint density at radius 3 is 2.03 bits per heavy atom. The van der Waals surface area contributed by atoms with Gasteiger partial charge in [0.25, 0.3) is 0 Å². The molecule has 0 amide bonds. The van der Waals surface area contributed by atoms with E-state index in [1.165, 1.54) is 27.8 Å². The minimum Gasteiger partial charge on any atom is -0.466 e. The number of benzene rings is 4. The van der Waals surface area contributed by atoms with Crippen LogP contribution in [0.1, 0.15) is 65.7 Å². The molecule has 0 aliphatic heterocycles. The molecule has 0 N–H and O–H groups in total. The van der Waals surface area contributed by atoms with Gasteiger partial charge in [0.05, 0.1) is 13.0 Å². The molecule has 0 fully saturated rings. The van der Waals surface area contributed by atoms with Crippen LogP contribution in [0.4, 0.5) is 0 Å². The maximum Gasteiger partial charge on any atom is 0.307 e. The number of aryl methyl sites for hydroxylation is 1. The number of esters is 1. The molecule has 0 bridgehead atoms. The smallest absolute Gasteiger partial charge is 0.307 e. The van der Waals surface area contributed by atoms with Gasteiger partial charge in [-0.25, -0.2) is 0 Å². The minimum atomic E-state index is -0.171. The molecule has 0 aliphatic rings. The molecule has 3 nitrogen and oxygen atoms in total. The molecule has 0 aliphatic carbocycles. The van der Waals surface area contributed by atoms with Gasteiger partial charge in [-0.1, -0.05) is 115 Å². The van der Waals surface area contributed by atoms with Crippen LogP contribution in [0.3, 0.4) is 0 Å². The minimum absolute atomic E-state index is 0.0984. The van der Waals surface area contributed by atoms with Crippen LogP contribution in [0.25, 0.3) is 0 Å².